The topological polar surface area (TPSA) is 34.1 Å². The SMILES string of the molecule is Cc1ccnc(OCC2CCNCC2)c1.Cl.Cl. The summed E-state index contributed by atoms with van der Waals surface area (Å²) in [5, 5.41) is 3.35. The van der Waals surface area contributed by atoms with Crippen molar-refractivity contribution in [2.45, 2.75) is 19.8 Å². The average Bonchev–Trinajstić information content (AvgIpc) is 2.28. The third-order valence-electron chi connectivity index (χ3n) is 2.82. The summed E-state index contributed by atoms with van der Waals surface area (Å²) < 4.78 is 5.69. The Labute approximate surface area is 115 Å². The van der Waals surface area contributed by atoms with E-state index in [2.05, 4.69) is 17.2 Å². The molecule has 1 N–H and O–H groups in total. The van der Waals surface area contributed by atoms with E-state index in [1.807, 2.05) is 12.1 Å². The van der Waals surface area contributed by atoms with Gasteiger partial charge in [0.1, 0.15) is 0 Å². The number of ether oxygens (including phenoxy) is 1. The molecular weight excluding hydrogens is 259 g/mol. The first-order valence-corrected chi connectivity index (χ1v) is 5.61. The molecule has 0 unspecified atom stereocenters. The molecule has 1 aliphatic rings. The number of aryl methyl sites for hydroxylation is 1. The summed E-state index contributed by atoms with van der Waals surface area (Å²) >= 11 is 0. The zero-order chi connectivity index (χ0) is 10.5. The van der Waals surface area contributed by atoms with Crippen LogP contribution in [0.3, 0.4) is 0 Å². The molecule has 1 aliphatic heterocycles. The fraction of sp³-hybridized carbons (Fsp3) is 0.583. The van der Waals surface area contributed by atoms with E-state index in [0.717, 1.165) is 25.6 Å². The molecule has 0 amide bonds. The second-order valence-electron chi connectivity index (χ2n) is 4.18. The highest BCUT2D eigenvalue weighted by atomic mass is 35.5. The number of hydrogen-bond donors (Lipinski definition) is 1. The summed E-state index contributed by atoms with van der Waals surface area (Å²) in [6.45, 7) is 5.10. The third kappa shape index (κ3) is 5.57. The van der Waals surface area contributed by atoms with Crippen molar-refractivity contribution in [3.05, 3.63) is 23.9 Å². The van der Waals surface area contributed by atoms with Gasteiger partial charge in [0.25, 0.3) is 0 Å². The maximum atomic E-state index is 5.69. The average molecular weight is 279 g/mol. The first-order chi connectivity index (χ1) is 7.34. The highest BCUT2D eigenvalue weighted by molar-refractivity contribution is 5.85. The Morgan fingerprint density at radius 2 is 2.06 bits per heavy atom. The fourth-order valence-corrected chi connectivity index (χ4v) is 1.84. The first-order valence-electron chi connectivity index (χ1n) is 5.61. The summed E-state index contributed by atoms with van der Waals surface area (Å²) in [5.41, 5.74) is 1.20. The maximum absolute atomic E-state index is 5.69. The third-order valence-corrected chi connectivity index (χ3v) is 2.82. The molecule has 3 nitrogen and oxygen atoms in total. The molecule has 0 saturated carbocycles. The van der Waals surface area contributed by atoms with Crippen molar-refractivity contribution >= 4 is 24.8 Å². The lowest BCUT2D eigenvalue weighted by Gasteiger charge is -2.22. The second-order valence-corrected chi connectivity index (χ2v) is 4.18. The summed E-state index contributed by atoms with van der Waals surface area (Å²) in [7, 11) is 0. The normalized spacial score (nSPS) is 15.6. The summed E-state index contributed by atoms with van der Waals surface area (Å²) in [6.07, 6.45) is 4.23. The molecule has 0 spiro atoms. The van der Waals surface area contributed by atoms with E-state index >= 15 is 0 Å². The molecule has 1 aromatic rings. The molecule has 0 radical (unpaired) electrons. The molecule has 0 atom stereocenters. The molecule has 1 saturated heterocycles. The number of aromatic nitrogens is 1. The second kappa shape index (κ2) is 8.56. The fourth-order valence-electron chi connectivity index (χ4n) is 1.84. The Morgan fingerprint density at radius 1 is 1.35 bits per heavy atom. The van der Waals surface area contributed by atoms with Gasteiger partial charge in [0, 0.05) is 12.3 Å². The summed E-state index contributed by atoms with van der Waals surface area (Å²) in [4.78, 5) is 4.19. The molecule has 0 aromatic carbocycles. The molecule has 1 fully saturated rings. The van der Waals surface area contributed by atoms with E-state index in [1.54, 1.807) is 6.20 Å². The van der Waals surface area contributed by atoms with Gasteiger partial charge in [-0.25, -0.2) is 4.98 Å². The van der Waals surface area contributed by atoms with Crippen LogP contribution in [0.5, 0.6) is 5.88 Å². The van der Waals surface area contributed by atoms with Gasteiger partial charge in [-0.15, -0.1) is 24.8 Å². The van der Waals surface area contributed by atoms with Crippen LogP contribution in [0, 0.1) is 12.8 Å². The molecule has 1 aromatic heterocycles. The van der Waals surface area contributed by atoms with Crippen LogP contribution in [-0.2, 0) is 0 Å². The van der Waals surface area contributed by atoms with Crippen LogP contribution in [0.2, 0.25) is 0 Å². The lowest BCUT2D eigenvalue weighted by molar-refractivity contribution is 0.209. The Kier molecular flexibility index (Phi) is 8.30. The van der Waals surface area contributed by atoms with Crippen molar-refractivity contribution in [2.75, 3.05) is 19.7 Å². The van der Waals surface area contributed by atoms with Crippen molar-refractivity contribution in [1.82, 2.24) is 10.3 Å². The minimum Gasteiger partial charge on any atom is -0.477 e. The van der Waals surface area contributed by atoms with Gasteiger partial charge in [0.05, 0.1) is 6.61 Å². The van der Waals surface area contributed by atoms with Gasteiger partial charge in [-0.05, 0) is 50.4 Å². The number of hydrogen-bond acceptors (Lipinski definition) is 3. The van der Waals surface area contributed by atoms with Crippen LogP contribution in [0.25, 0.3) is 0 Å². The van der Waals surface area contributed by atoms with Crippen molar-refractivity contribution in [1.29, 1.82) is 0 Å². The number of pyridine rings is 1. The lowest BCUT2D eigenvalue weighted by Crippen LogP contribution is -2.30. The molecular formula is C12H20Cl2N2O. The first kappa shape index (κ1) is 16.5. The van der Waals surface area contributed by atoms with Crippen LogP contribution in [0.1, 0.15) is 18.4 Å². The quantitative estimate of drug-likeness (QED) is 0.923. The van der Waals surface area contributed by atoms with E-state index in [0.29, 0.717) is 5.92 Å². The van der Waals surface area contributed by atoms with Gasteiger partial charge in [-0.3, -0.25) is 0 Å². The van der Waals surface area contributed by atoms with E-state index < -0.39 is 0 Å². The Morgan fingerprint density at radius 3 is 2.71 bits per heavy atom. The van der Waals surface area contributed by atoms with Crippen molar-refractivity contribution in [2.24, 2.45) is 5.92 Å². The van der Waals surface area contributed by atoms with E-state index in [4.69, 9.17) is 4.74 Å². The van der Waals surface area contributed by atoms with E-state index in [1.165, 1.54) is 18.4 Å². The highest BCUT2D eigenvalue weighted by Gasteiger charge is 2.13. The van der Waals surface area contributed by atoms with Crippen molar-refractivity contribution < 1.29 is 4.74 Å². The zero-order valence-corrected chi connectivity index (χ0v) is 11.6. The molecule has 98 valence electrons. The van der Waals surface area contributed by atoms with Crippen LogP contribution >= 0.6 is 24.8 Å². The van der Waals surface area contributed by atoms with Crippen LogP contribution in [-0.4, -0.2) is 24.7 Å². The minimum atomic E-state index is 0. The minimum absolute atomic E-state index is 0. The number of nitrogens with zero attached hydrogens (tertiary/aromatic N) is 1. The van der Waals surface area contributed by atoms with Crippen LogP contribution in [0.4, 0.5) is 0 Å². The molecule has 0 aliphatic carbocycles. The monoisotopic (exact) mass is 278 g/mol. The van der Waals surface area contributed by atoms with Crippen molar-refractivity contribution in [3.63, 3.8) is 0 Å². The summed E-state index contributed by atoms with van der Waals surface area (Å²) in [6, 6.07) is 3.97. The number of rotatable bonds is 3. The Balaban J connectivity index is 0.00000128. The number of halogens is 2. The zero-order valence-electron chi connectivity index (χ0n) is 10.0. The van der Waals surface area contributed by atoms with Gasteiger partial charge in [-0.2, -0.15) is 0 Å². The molecule has 2 heterocycles. The van der Waals surface area contributed by atoms with Gasteiger partial charge in [0.2, 0.25) is 5.88 Å². The molecule has 17 heavy (non-hydrogen) atoms. The number of piperidine rings is 1. The molecule has 2 rings (SSSR count). The predicted octanol–water partition coefficient (Wildman–Crippen LogP) is 2.61. The maximum Gasteiger partial charge on any atom is 0.213 e. The van der Waals surface area contributed by atoms with Gasteiger partial charge in [-0.1, -0.05) is 0 Å². The van der Waals surface area contributed by atoms with Gasteiger partial charge in [0.15, 0.2) is 0 Å². The molecule has 5 heteroatoms. The van der Waals surface area contributed by atoms with E-state index in [9.17, 15) is 0 Å². The van der Waals surface area contributed by atoms with E-state index in [-0.39, 0.29) is 24.8 Å². The van der Waals surface area contributed by atoms with Crippen molar-refractivity contribution in [3.8, 4) is 5.88 Å². The largest absolute Gasteiger partial charge is 0.477 e. The smallest absolute Gasteiger partial charge is 0.213 e. The highest BCUT2D eigenvalue weighted by Crippen LogP contribution is 2.14. The van der Waals surface area contributed by atoms with Gasteiger partial charge >= 0.3 is 0 Å². The Hall–Kier alpha value is -0.510. The summed E-state index contributed by atoms with van der Waals surface area (Å²) in [5.74, 6) is 1.45. The van der Waals surface area contributed by atoms with Gasteiger partial charge < -0.3 is 10.1 Å². The predicted molar refractivity (Wildman–Crippen MR) is 74.6 cm³/mol. The standard InChI is InChI=1S/C12H18N2O.2ClH/c1-10-2-7-14-12(8-10)15-9-11-3-5-13-6-4-11;;/h2,7-8,11,13H,3-6,9H2,1H3;2*1H. The Bertz CT molecular complexity index is 317. The van der Waals surface area contributed by atoms with Crippen LogP contribution < -0.4 is 10.1 Å². The molecule has 0 bridgehead atoms. The lowest BCUT2D eigenvalue weighted by atomic mass is 9.99. The van der Waals surface area contributed by atoms with Crippen LogP contribution in [0.15, 0.2) is 18.3 Å². The number of nitrogens with one attached hydrogen (secondary N) is 1.